The molecule has 1 N–H and O–H groups in total. The Morgan fingerprint density at radius 2 is 1.52 bits per heavy atom. The van der Waals surface area contributed by atoms with Gasteiger partial charge in [-0.25, -0.2) is 4.90 Å². The molecule has 168 valence electrons. The first-order valence-corrected chi connectivity index (χ1v) is 10.6. The quantitative estimate of drug-likeness (QED) is 0.543. The number of anilines is 2. The highest BCUT2D eigenvalue weighted by molar-refractivity contribution is 6.46. The highest BCUT2D eigenvalue weighted by Gasteiger charge is 2.40. The Labute approximate surface area is 193 Å². The number of nitrogens with one attached hydrogen (secondary N) is 1. The van der Waals surface area contributed by atoms with E-state index >= 15 is 0 Å². The van der Waals surface area contributed by atoms with Gasteiger partial charge in [-0.2, -0.15) is 0 Å². The van der Waals surface area contributed by atoms with E-state index in [-0.39, 0.29) is 11.6 Å². The molecular weight excluding hydrogens is 416 g/mol. The fourth-order valence-corrected chi connectivity index (χ4v) is 3.87. The molecule has 0 fully saturated rings. The second kappa shape index (κ2) is 8.82. The Balaban J connectivity index is 1.84. The van der Waals surface area contributed by atoms with Gasteiger partial charge >= 0.3 is 0 Å². The van der Waals surface area contributed by atoms with Crippen molar-refractivity contribution in [3.8, 4) is 11.5 Å². The molecule has 0 bridgehead atoms. The smallest absolute Gasteiger partial charge is 0.282 e. The van der Waals surface area contributed by atoms with Crippen LogP contribution in [0.1, 0.15) is 22.3 Å². The van der Waals surface area contributed by atoms with Crippen molar-refractivity contribution in [2.24, 2.45) is 0 Å². The molecule has 0 aliphatic carbocycles. The molecule has 0 aromatic heterocycles. The minimum absolute atomic E-state index is 0.219. The van der Waals surface area contributed by atoms with Crippen molar-refractivity contribution in [2.45, 2.75) is 20.8 Å². The number of carbonyl (C=O) groups is 2. The van der Waals surface area contributed by atoms with Gasteiger partial charge < -0.3 is 14.8 Å². The third-order valence-electron chi connectivity index (χ3n) is 5.79. The van der Waals surface area contributed by atoms with E-state index in [1.165, 1.54) is 4.90 Å². The third-order valence-corrected chi connectivity index (χ3v) is 5.79. The highest BCUT2D eigenvalue weighted by atomic mass is 16.5. The Morgan fingerprint density at radius 3 is 2.18 bits per heavy atom. The minimum atomic E-state index is -0.409. The summed E-state index contributed by atoms with van der Waals surface area (Å²) in [7, 11) is 3.11. The summed E-state index contributed by atoms with van der Waals surface area (Å²) in [5.74, 6) is 0.315. The number of nitrogens with zero attached hydrogens (tertiary/aromatic N) is 1. The number of amides is 2. The third kappa shape index (κ3) is 4.07. The second-order valence-electron chi connectivity index (χ2n) is 8.03. The van der Waals surface area contributed by atoms with Gasteiger partial charge in [0.15, 0.2) is 11.5 Å². The van der Waals surface area contributed by atoms with Crippen molar-refractivity contribution in [3.63, 3.8) is 0 Å². The molecule has 0 unspecified atom stereocenters. The zero-order valence-electron chi connectivity index (χ0n) is 19.4. The summed E-state index contributed by atoms with van der Waals surface area (Å²) in [4.78, 5) is 28.4. The van der Waals surface area contributed by atoms with E-state index in [4.69, 9.17) is 9.47 Å². The number of hydrogen-bond donors (Lipinski definition) is 1. The fourth-order valence-electron chi connectivity index (χ4n) is 3.87. The van der Waals surface area contributed by atoms with E-state index in [1.807, 2.05) is 57.2 Å². The molecule has 6 heteroatoms. The van der Waals surface area contributed by atoms with Gasteiger partial charge in [-0.15, -0.1) is 0 Å². The Kier molecular flexibility index (Phi) is 5.92. The van der Waals surface area contributed by atoms with Crippen LogP contribution in [-0.4, -0.2) is 26.0 Å². The van der Waals surface area contributed by atoms with Gasteiger partial charge in [0.05, 0.1) is 25.5 Å². The monoisotopic (exact) mass is 442 g/mol. The SMILES string of the molecule is COc1ccc(NC2=C(c3ccc(C)c(C)c3)C(=O)N(c3cccc(C)c3)C2=O)cc1OC. The highest BCUT2D eigenvalue weighted by Crippen LogP contribution is 2.36. The fraction of sp³-hybridized carbons (Fsp3) is 0.185. The summed E-state index contributed by atoms with van der Waals surface area (Å²) >= 11 is 0. The first-order valence-electron chi connectivity index (χ1n) is 10.6. The van der Waals surface area contributed by atoms with Crippen LogP contribution in [0, 0.1) is 20.8 Å². The number of aryl methyl sites for hydroxylation is 3. The molecule has 0 saturated carbocycles. The average molecular weight is 443 g/mol. The number of ether oxygens (including phenoxy) is 2. The average Bonchev–Trinajstić information content (AvgIpc) is 3.04. The molecule has 1 heterocycles. The summed E-state index contributed by atoms with van der Waals surface area (Å²) < 4.78 is 10.7. The van der Waals surface area contributed by atoms with Gasteiger partial charge in [-0.1, -0.05) is 30.3 Å². The van der Waals surface area contributed by atoms with Crippen molar-refractivity contribution >= 4 is 28.8 Å². The van der Waals surface area contributed by atoms with E-state index in [0.717, 1.165) is 16.7 Å². The number of imide groups is 1. The van der Waals surface area contributed by atoms with Crippen LogP contribution in [0.3, 0.4) is 0 Å². The molecule has 2 amide bonds. The number of carbonyl (C=O) groups excluding carboxylic acids is 2. The molecule has 0 saturated heterocycles. The zero-order valence-corrected chi connectivity index (χ0v) is 19.4. The Bertz CT molecular complexity index is 1290. The predicted molar refractivity (Wildman–Crippen MR) is 130 cm³/mol. The number of rotatable bonds is 6. The molecule has 0 spiro atoms. The van der Waals surface area contributed by atoms with Gasteiger partial charge in [-0.05, 0) is 67.3 Å². The van der Waals surface area contributed by atoms with E-state index in [0.29, 0.717) is 34.0 Å². The van der Waals surface area contributed by atoms with Crippen LogP contribution in [0.5, 0.6) is 11.5 Å². The summed E-state index contributed by atoms with van der Waals surface area (Å²) in [6, 6.07) is 18.4. The normalized spacial score (nSPS) is 13.5. The van der Waals surface area contributed by atoms with Crippen molar-refractivity contribution in [1.82, 2.24) is 0 Å². The molecule has 1 aliphatic rings. The number of methoxy groups -OCH3 is 2. The maximum Gasteiger partial charge on any atom is 0.282 e. The zero-order chi connectivity index (χ0) is 23.7. The van der Waals surface area contributed by atoms with Gasteiger partial charge in [0.25, 0.3) is 11.8 Å². The first-order chi connectivity index (χ1) is 15.8. The van der Waals surface area contributed by atoms with Gasteiger partial charge in [0, 0.05) is 11.8 Å². The summed E-state index contributed by atoms with van der Waals surface area (Å²) in [6.45, 7) is 5.92. The lowest BCUT2D eigenvalue weighted by atomic mass is 9.99. The molecule has 33 heavy (non-hydrogen) atoms. The van der Waals surface area contributed by atoms with Crippen LogP contribution < -0.4 is 19.7 Å². The molecule has 1 aliphatic heterocycles. The molecule has 4 rings (SSSR count). The van der Waals surface area contributed by atoms with Crippen molar-refractivity contribution in [3.05, 3.63) is 88.6 Å². The molecule has 0 atom stereocenters. The maximum absolute atomic E-state index is 13.6. The Morgan fingerprint density at radius 1 is 0.758 bits per heavy atom. The van der Waals surface area contributed by atoms with Crippen LogP contribution in [0.4, 0.5) is 11.4 Å². The van der Waals surface area contributed by atoms with Gasteiger partial charge in [0.1, 0.15) is 5.70 Å². The predicted octanol–water partition coefficient (Wildman–Crippen LogP) is 5.03. The second-order valence-corrected chi connectivity index (χ2v) is 8.03. The van der Waals surface area contributed by atoms with Crippen molar-refractivity contribution in [1.29, 1.82) is 0 Å². The Hall–Kier alpha value is -4.06. The van der Waals surface area contributed by atoms with Crippen molar-refractivity contribution in [2.75, 3.05) is 24.4 Å². The molecule has 6 nitrogen and oxygen atoms in total. The lowest BCUT2D eigenvalue weighted by molar-refractivity contribution is -0.120. The minimum Gasteiger partial charge on any atom is -0.493 e. The molecular formula is C27H26N2O4. The van der Waals surface area contributed by atoms with Crippen LogP contribution in [0.2, 0.25) is 0 Å². The lowest BCUT2D eigenvalue weighted by Gasteiger charge is -2.16. The van der Waals surface area contributed by atoms with E-state index in [9.17, 15) is 9.59 Å². The van der Waals surface area contributed by atoms with Gasteiger partial charge in [-0.3, -0.25) is 9.59 Å². The van der Waals surface area contributed by atoms with E-state index in [2.05, 4.69) is 5.32 Å². The maximum atomic E-state index is 13.6. The standard InChI is InChI=1S/C27H26N2O4/c1-16-7-6-8-21(13-16)29-26(30)24(19-10-9-17(2)18(3)14-19)25(27(29)31)28-20-11-12-22(32-4)23(15-20)33-5/h6-15,28H,1-5H3. The lowest BCUT2D eigenvalue weighted by Crippen LogP contribution is -2.32. The molecule has 0 radical (unpaired) electrons. The van der Waals surface area contributed by atoms with Crippen LogP contribution >= 0.6 is 0 Å². The summed E-state index contributed by atoms with van der Waals surface area (Å²) in [5.41, 5.74) is 5.50. The van der Waals surface area contributed by atoms with E-state index < -0.39 is 5.91 Å². The molecule has 3 aromatic carbocycles. The van der Waals surface area contributed by atoms with Crippen LogP contribution in [0.25, 0.3) is 5.57 Å². The summed E-state index contributed by atoms with van der Waals surface area (Å²) in [5, 5.41) is 3.18. The van der Waals surface area contributed by atoms with Crippen molar-refractivity contribution < 1.29 is 19.1 Å². The van der Waals surface area contributed by atoms with Gasteiger partial charge in [0.2, 0.25) is 0 Å². The number of hydrogen-bond acceptors (Lipinski definition) is 5. The van der Waals surface area contributed by atoms with Crippen LogP contribution in [-0.2, 0) is 9.59 Å². The number of benzene rings is 3. The van der Waals surface area contributed by atoms with Crippen LogP contribution in [0.15, 0.2) is 66.4 Å². The van der Waals surface area contributed by atoms with E-state index in [1.54, 1.807) is 38.5 Å². The largest absolute Gasteiger partial charge is 0.493 e. The molecule has 3 aromatic rings. The summed E-state index contributed by atoms with van der Waals surface area (Å²) in [6.07, 6.45) is 0. The first kappa shape index (κ1) is 22.1. The topological polar surface area (TPSA) is 67.9 Å².